The van der Waals surface area contributed by atoms with Gasteiger partial charge in [-0.1, -0.05) is 107 Å². The third kappa shape index (κ3) is 11.9. The second-order valence-corrected chi connectivity index (χ2v) is 10.3. The average molecular weight is 528 g/mol. The fourth-order valence-corrected chi connectivity index (χ4v) is 4.54. The van der Waals surface area contributed by atoms with Crippen molar-refractivity contribution in [3.05, 3.63) is 101 Å². The normalized spacial score (nSPS) is 10.8. The maximum absolute atomic E-state index is 12.4. The Morgan fingerprint density at radius 1 is 0.564 bits per heavy atom. The lowest BCUT2D eigenvalue weighted by molar-refractivity contribution is 0.0952. The third-order valence-electron chi connectivity index (χ3n) is 6.94. The van der Waals surface area contributed by atoms with Gasteiger partial charge in [-0.3, -0.25) is 9.59 Å². The molecule has 3 aromatic rings. The van der Waals surface area contributed by atoms with E-state index in [1.54, 1.807) is 12.1 Å². The van der Waals surface area contributed by atoms with Gasteiger partial charge < -0.3 is 16.0 Å². The fraction of sp³-hybridized carbons (Fsp3) is 0.412. The highest BCUT2D eigenvalue weighted by Crippen LogP contribution is 2.13. The van der Waals surface area contributed by atoms with Gasteiger partial charge in [0.1, 0.15) is 0 Å². The van der Waals surface area contributed by atoms with Gasteiger partial charge in [0.25, 0.3) is 11.8 Å². The summed E-state index contributed by atoms with van der Waals surface area (Å²) in [6, 6.07) is 24.9. The molecule has 208 valence electrons. The number of hydrogen-bond acceptors (Lipinski definition) is 3. The quantitative estimate of drug-likeness (QED) is 0.147. The van der Waals surface area contributed by atoms with Crippen molar-refractivity contribution < 1.29 is 9.59 Å². The van der Waals surface area contributed by atoms with E-state index in [9.17, 15) is 9.59 Å². The van der Waals surface area contributed by atoms with Gasteiger partial charge in [-0.15, -0.1) is 0 Å². The number of amides is 2. The number of carbonyl (C=O) groups is 2. The number of rotatable bonds is 18. The Kier molecular flexibility index (Phi) is 13.9. The highest BCUT2D eigenvalue weighted by atomic mass is 16.2. The van der Waals surface area contributed by atoms with Gasteiger partial charge in [0.2, 0.25) is 0 Å². The Hall–Kier alpha value is -3.44. The van der Waals surface area contributed by atoms with Crippen LogP contribution in [-0.2, 0) is 13.1 Å². The summed E-state index contributed by atoms with van der Waals surface area (Å²) in [6.07, 6.45) is 13.0. The Bertz CT molecular complexity index is 1100. The van der Waals surface area contributed by atoms with Crippen LogP contribution in [0.4, 0.5) is 5.69 Å². The van der Waals surface area contributed by atoms with Crippen LogP contribution in [0.3, 0.4) is 0 Å². The van der Waals surface area contributed by atoms with Gasteiger partial charge >= 0.3 is 0 Å². The minimum atomic E-state index is -0.114. The van der Waals surface area contributed by atoms with Crippen molar-refractivity contribution in [3.63, 3.8) is 0 Å². The molecule has 0 aliphatic carbocycles. The van der Waals surface area contributed by atoms with Gasteiger partial charge in [-0.2, -0.15) is 0 Å². The average Bonchev–Trinajstić information content (AvgIpc) is 2.97. The van der Waals surface area contributed by atoms with E-state index in [2.05, 4.69) is 22.9 Å². The molecular weight excluding hydrogens is 482 g/mol. The monoisotopic (exact) mass is 527 g/mol. The van der Waals surface area contributed by atoms with Crippen molar-refractivity contribution in [1.29, 1.82) is 0 Å². The molecule has 3 aromatic carbocycles. The first-order chi connectivity index (χ1) is 19.2. The van der Waals surface area contributed by atoms with E-state index in [1.807, 2.05) is 66.7 Å². The Balaban J connectivity index is 1.27. The SMILES string of the molecule is CCCCCCCCCCCCNC(=O)c1ccc(CNCc2ccc(NC(=O)c3ccccc3)cc2)cc1. The van der Waals surface area contributed by atoms with E-state index in [0.717, 1.165) is 29.8 Å². The smallest absolute Gasteiger partial charge is 0.255 e. The van der Waals surface area contributed by atoms with Gasteiger partial charge in [0, 0.05) is 36.4 Å². The van der Waals surface area contributed by atoms with Crippen molar-refractivity contribution in [2.24, 2.45) is 0 Å². The molecule has 39 heavy (non-hydrogen) atoms. The first kappa shape index (κ1) is 30.1. The van der Waals surface area contributed by atoms with Gasteiger partial charge in [0.05, 0.1) is 0 Å². The number of unbranched alkanes of at least 4 members (excludes halogenated alkanes) is 9. The maximum atomic E-state index is 12.4. The molecule has 0 saturated heterocycles. The van der Waals surface area contributed by atoms with Crippen LogP contribution < -0.4 is 16.0 Å². The lowest BCUT2D eigenvalue weighted by atomic mass is 10.1. The number of hydrogen-bond donors (Lipinski definition) is 3. The molecule has 0 aromatic heterocycles. The fourth-order valence-electron chi connectivity index (χ4n) is 4.54. The summed E-state index contributed by atoms with van der Waals surface area (Å²) in [7, 11) is 0. The second kappa shape index (κ2) is 18.0. The zero-order valence-electron chi connectivity index (χ0n) is 23.5. The molecule has 5 nitrogen and oxygen atoms in total. The standard InChI is InChI=1S/C34H45N3O2/c1-2-3-4-5-6-7-8-9-10-14-25-36-33(38)31-21-17-28(18-22-31)26-35-27-29-19-23-32(24-20-29)37-34(39)30-15-12-11-13-16-30/h11-13,15-24,35H,2-10,14,25-27H2,1H3,(H,36,38)(H,37,39). The van der Waals surface area contributed by atoms with E-state index in [-0.39, 0.29) is 11.8 Å². The van der Waals surface area contributed by atoms with Crippen molar-refractivity contribution in [3.8, 4) is 0 Å². The predicted molar refractivity (Wildman–Crippen MR) is 162 cm³/mol. The summed E-state index contributed by atoms with van der Waals surface area (Å²) in [4.78, 5) is 24.7. The minimum absolute atomic E-state index is 0.00452. The van der Waals surface area contributed by atoms with Gasteiger partial charge in [-0.25, -0.2) is 0 Å². The number of anilines is 1. The highest BCUT2D eigenvalue weighted by molar-refractivity contribution is 6.04. The molecule has 2 amide bonds. The molecule has 3 N–H and O–H groups in total. The molecule has 5 heteroatoms. The Labute approximate surface area is 234 Å². The summed E-state index contributed by atoms with van der Waals surface area (Å²) in [5, 5.41) is 9.42. The molecule has 0 fully saturated rings. The zero-order valence-corrected chi connectivity index (χ0v) is 23.5. The molecule has 0 spiro atoms. The predicted octanol–water partition coefficient (Wildman–Crippen LogP) is 7.88. The van der Waals surface area contributed by atoms with Crippen LogP contribution in [0.2, 0.25) is 0 Å². The van der Waals surface area contributed by atoms with Crippen LogP contribution in [-0.4, -0.2) is 18.4 Å². The third-order valence-corrected chi connectivity index (χ3v) is 6.94. The van der Waals surface area contributed by atoms with Crippen LogP contribution in [0.25, 0.3) is 0 Å². The van der Waals surface area contributed by atoms with Crippen molar-refractivity contribution >= 4 is 17.5 Å². The van der Waals surface area contributed by atoms with Gasteiger partial charge in [-0.05, 0) is 53.9 Å². The van der Waals surface area contributed by atoms with Gasteiger partial charge in [0.15, 0.2) is 0 Å². The molecule has 0 aliphatic rings. The molecule has 0 atom stereocenters. The van der Waals surface area contributed by atoms with Crippen LogP contribution in [0.5, 0.6) is 0 Å². The van der Waals surface area contributed by atoms with Crippen LogP contribution >= 0.6 is 0 Å². The molecule has 0 bridgehead atoms. The van der Waals surface area contributed by atoms with Crippen LogP contribution in [0.1, 0.15) is 103 Å². The summed E-state index contributed by atoms with van der Waals surface area (Å²) in [5.74, 6) is -0.109. The van der Waals surface area contributed by atoms with Crippen LogP contribution in [0, 0.1) is 0 Å². The van der Waals surface area contributed by atoms with E-state index >= 15 is 0 Å². The van der Waals surface area contributed by atoms with E-state index in [0.29, 0.717) is 24.2 Å². The molecular formula is C34H45N3O2. The topological polar surface area (TPSA) is 70.2 Å². The highest BCUT2D eigenvalue weighted by Gasteiger charge is 2.06. The Morgan fingerprint density at radius 2 is 1.08 bits per heavy atom. The number of benzene rings is 3. The summed E-state index contributed by atoms with van der Waals surface area (Å²) >= 11 is 0. The lowest BCUT2D eigenvalue weighted by Gasteiger charge is -2.09. The summed E-state index contributed by atoms with van der Waals surface area (Å²) < 4.78 is 0. The molecule has 0 unspecified atom stereocenters. The summed E-state index contributed by atoms with van der Waals surface area (Å²) in [5.41, 5.74) is 4.39. The maximum Gasteiger partial charge on any atom is 0.255 e. The molecule has 0 aliphatic heterocycles. The molecule has 0 radical (unpaired) electrons. The van der Waals surface area contributed by atoms with E-state index in [4.69, 9.17) is 0 Å². The van der Waals surface area contributed by atoms with Crippen molar-refractivity contribution in [1.82, 2.24) is 10.6 Å². The summed E-state index contributed by atoms with van der Waals surface area (Å²) in [6.45, 7) is 4.43. The molecule has 0 saturated carbocycles. The molecule has 3 rings (SSSR count). The number of carbonyl (C=O) groups excluding carboxylic acids is 2. The number of nitrogens with one attached hydrogen (secondary N) is 3. The first-order valence-corrected chi connectivity index (χ1v) is 14.7. The Morgan fingerprint density at radius 3 is 1.67 bits per heavy atom. The van der Waals surface area contributed by atoms with Crippen molar-refractivity contribution in [2.45, 2.75) is 84.2 Å². The minimum Gasteiger partial charge on any atom is -0.352 e. The second-order valence-electron chi connectivity index (χ2n) is 10.3. The van der Waals surface area contributed by atoms with E-state index < -0.39 is 0 Å². The lowest BCUT2D eigenvalue weighted by Crippen LogP contribution is -2.24. The largest absolute Gasteiger partial charge is 0.352 e. The zero-order chi connectivity index (χ0) is 27.5. The van der Waals surface area contributed by atoms with Crippen LogP contribution in [0.15, 0.2) is 78.9 Å². The van der Waals surface area contributed by atoms with E-state index in [1.165, 1.54) is 57.8 Å². The van der Waals surface area contributed by atoms with Crippen molar-refractivity contribution in [2.75, 3.05) is 11.9 Å². The molecule has 0 heterocycles. The first-order valence-electron chi connectivity index (χ1n) is 14.7.